The van der Waals surface area contributed by atoms with Crippen LogP contribution in [0.4, 0.5) is 0 Å². The number of thiophene rings is 1. The van der Waals surface area contributed by atoms with Gasteiger partial charge in [0.05, 0.1) is 4.70 Å². The second-order valence-electron chi connectivity index (χ2n) is 14.4. The molecule has 250 valence electrons. The molecule has 0 amide bonds. The molecule has 0 atom stereocenters. The summed E-state index contributed by atoms with van der Waals surface area (Å²) in [5.74, 6) is 0. The van der Waals surface area contributed by atoms with Gasteiger partial charge in [0, 0.05) is 26.2 Å². The topological polar surface area (TPSA) is 13.1 Å². The summed E-state index contributed by atoms with van der Waals surface area (Å²) in [5, 5.41) is 15.0. The number of benzene rings is 10. The zero-order valence-corrected chi connectivity index (χ0v) is 30.0. The number of rotatable bonds is 3. The number of para-hydroxylation sites is 1. The smallest absolute Gasteiger partial charge is 0.153 e. The van der Waals surface area contributed by atoms with E-state index >= 15 is 0 Å². The Bertz CT molecular complexity index is 3430. The van der Waals surface area contributed by atoms with E-state index in [9.17, 15) is 0 Å². The first-order valence-electron chi connectivity index (χ1n) is 18.5. The van der Waals surface area contributed by atoms with E-state index in [1.54, 1.807) is 0 Å². The minimum atomic E-state index is 0.942. The third-order valence-corrected chi connectivity index (χ3v) is 12.6. The van der Waals surface area contributed by atoms with Crippen LogP contribution in [-0.2, 0) is 0 Å². The summed E-state index contributed by atoms with van der Waals surface area (Å²) in [6.07, 6.45) is 0. The van der Waals surface area contributed by atoms with Crippen LogP contribution in [-0.4, -0.2) is 0 Å². The monoisotopic (exact) mass is 702 g/mol. The molecule has 10 aromatic carbocycles. The maximum Gasteiger partial charge on any atom is 0.153 e. The first-order valence-corrected chi connectivity index (χ1v) is 19.3. The lowest BCUT2D eigenvalue weighted by atomic mass is 9.85. The molecule has 0 spiro atoms. The molecule has 1 nitrogen and oxygen atoms in total. The molecule has 0 saturated carbocycles. The lowest BCUT2D eigenvalue weighted by molar-refractivity contribution is 0.673. The van der Waals surface area contributed by atoms with Gasteiger partial charge >= 0.3 is 0 Å². The van der Waals surface area contributed by atoms with Crippen LogP contribution >= 0.6 is 11.3 Å². The Balaban J connectivity index is 0.975. The van der Waals surface area contributed by atoms with Crippen LogP contribution < -0.4 is 0 Å². The van der Waals surface area contributed by atoms with Crippen molar-refractivity contribution in [2.24, 2.45) is 0 Å². The van der Waals surface area contributed by atoms with Gasteiger partial charge in [0.15, 0.2) is 5.58 Å². The summed E-state index contributed by atoms with van der Waals surface area (Å²) >= 11 is 1.83. The van der Waals surface area contributed by atoms with E-state index in [0.717, 1.165) is 11.2 Å². The summed E-state index contributed by atoms with van der Waals surface area (Å²) < 4.78 is 8.91. The molecule has 0 fully saturated rings. The largest absolute Gasteiger partial charge is 0.455 e. The number of fused-ring (bicyclic) bond motifs is 11. The van der Waals surface area contributed by atoms with Crippen molar-refractivity contribution in [3.05, 3.63) is 182 Å². The molecule has 2 aromatic heterocycles. The quantitative estimate of drug-likeness (QED) is 0.167. The lowest BCUT2D eigenvalue weighted by Crippen LogP contribution is -1.91. The van der Waals surface area contributed by atoms with Gasteiger partial charge < -0.3 is 4.42 Å². The molecule has 0 N–H and O–H groups in total. The maximum atomic E-state index is 6.41. The van der Waals surface area contributed by atoms with Crippen LogP contribution in [0, 0.1) is 0 Å². The van der Waals surface area contributed by atoms with Gasteiger partial charge in [-0.3, -0.25) is 0 Å². The van der Waals surface area contributed by atoms with Gasteiger partial charge in [-0.1, -0.05) is 146 Å². The highest BCUT2D eigenvalue weighted by molar-refractivity contribution is 7.26. The average Bonchev–Trinajstić information content (AvgIpc) is 3.80. The zero-order chi connectivity index (χ0) is 35.3. The van der Waals surface area contributed by atoms with Gasteiger partial charge in [0.25, 0.3) is 0 Å². The van der Waals surface area contributed by atoms with E-state index < -0.39 is 0 Å². The van der Waals surface area contributed by atoms with Crippen LogP contribution in [0.3, 0.4) is 0 Å². The lowest BCUT2D eigenvalue weighted by Gasteiger charge is -2.18. The predicted octanol–water partition coefficient (Wildman–Crippen LogP) is 15.6. The summed E-state index contributed by atoms with van der Waals surface area (Å²) in [6, 6.07) is 66.9. The fourth-order valence-electron chi connectivity index (χ4n) is 8.86. The van der Waals surface area contributed by atoms with E-state index in [4.69, 9.17) is 4.42 Å². The van der Waals surface area contributed by atoms with Crippen molar-refractivity contribution in [1.82, 2.24) is 0 Å². The van der Waals surface area contributed by atoms with Crippen LogP contribution in [0.15, 0.2) is 186 Å². The predicted molar refractivity (Wildman–Crippen MR) is 233 cm³/mol. The third kappa shape index (κ3) is 4.38. The SMILES string of the molecule is c1ccc2cc(-c3c4ccccc4c(-c4ccc(-c5ccc6cc7sc8c(ccc9c%10ccccc%10oc98)c7cc6c5)cc4)c4ccccc34)ccc2c1. The molecular formula is C52H30OS. The highest BCUT2D eigenvalue weighted by atomic mass is 32.1. The van der Waals surface area contributed by atoms with Crippen molar-refractivity contribution < 1.29 is 4.42 Å². The molecule has 0 bridgehead atoms. The summed E-state index contributed by atoms with van der Waals surface area (Å²) in [4.78, 5) is 0. The molecule has 0 aliphatic heterocycles. The normalized spacial score (nSPS) is 12.1. The molecule has 54 heavy (non-hydrogen) atoms. The van der Waals surface area contributed by atoms with E-state index in [2.05, 4.69) is 176 Å². The molecule has 0 aliphatic rings. The summed E-state index contributed by atoms with van der Waals surface area (Å²) in [7, 11) is 0. The summed E-state index contributed by atoms with van der Waals surface area (Å²) in [5.41, 5.74) is 9.39. The Morgan fingerprint density at radius 2 is 0.852 bits per heavy atom. The zero-order valence-electron chi connectivity index (χ0n) is 29.1. The van der Waals surface area contributed by atoms with Gasteiger partial charge in [0.1, 0.15) is 5.58 Å². The van der Waals surface area contributed by atoms with Crippen LogP contribution in [0.5, 0.6) is 0 Å². The van der Waals surface area contributed by atoms with Crippen LogP contribution in [0.1, 0.15) is 0 Å². The molecule has 2 heterocycles. The Hall–Kier alpha value is -6.74. The van der Waals surface area contributed by atoms with Crippen molar-refractivity contribution in [3.63, 3.8) is 0 Å². The van der Waals surface area contributed by atoms with E-state index in [1.165, 1.54) is 107 Å². The standard InChI is InChI=1S/C52H30OS/c1-2-10-34-27-37(24-19-31(34)9-1)50-42-14-5-3-12-40(42)49(41-13-4-6-15-43(41)50)33-20-17-32(18-21-33)35-22-23-36-30-48-46(29-38(36)28-35)45-26-25-44-39-11-7-8-16-47(39)53-51(44)52(45)54-48/h1-30H. The van der Waals surface area contributed by atoms with Crippen molar-refractivity contribution in [1.29, 1.82) is 0 Å². The van der Waals surface area contributed by atoms with Crippen LogP contribution in [0.2, 0.25) is 0 Å². The van der Waals surface area contributed by atoms with Crippen LogP contribution in [0.25, 0.3) is 119 Å². The minimum absolute atomic E-state index is 0.942. The Morgan fingerprint density at radius 1 is 0.315 bits per heavy atom. The van der Waals surface area contributed by atoms with Gasteiger partial charge in [-0.15, -0.1) is 11.3 Å². The fourth-order valence-corrected chi connectivity index (χ4v) is 10.1. The Morgan fingerprint density at radius 3 is 1.61 bits per heavy atom. The number of hydrogen-bond donors (Lipinski definition) is 0. The average molecular weight is 703 g/mol. The second kappa shape index (κ2) is 11.4. The van der Waals surface area contributed by atoms with Gasteiger partial charge in [0.2, 0.25) is 0 Å². The Kier molecular flexibility index (Phi) is 6.28. The van der Waals surface area contributed by atoms with E-state index in [0.29, 0.717) is 0 Å². The van der Waals surface area contributed by atoms with Gasteiger partial charge in [-0.05, 0) is 113 Å². The molecule has 12 aromatic rings. The third-order valence-electron chi connectivity index (χ3n) is 11.4. The highest BCUT2D eigenvalue weighted by Crippen LogP contribution is 2.46. The second-order valence-corrected chi connectivity index (χ2v) is 15.5. The molecule has 0 unspecified atom stereocenters. The molecule has 12 rings (SSSR count). The highest BCUT2D eigenvalue weighted by Gasteiger charge is 2.18. The molecule has 0 saturated heterocycles. The van der Waals surface area contributed by atoms with Gasteiger partial charge in [-0.25, -0.2) is 0 Å². The molecule has 0 aliphatic carbocycles. The van der Waals surface area contributed by atoms with Crippen molar-refractivity contribution in [3.8, 4) is 33.4 Å². The number of furan rings is 1. The first-order chi connectivity index (χ1) is 26.7. The minimum Gasteiger partial charge on any atom is -0.455 e. The van der Waals surface area contributed by atoms with E-state index in [1.807, 2.05) is 17.4 Å². The van der Waals surface area contributed by atoms with Gasteiger partial charge in [-0.2, -0.15) is 0 Å². The molecular weight excluding hydrogens is 673 g/mol. The molecule has 2 heteroatoms. The first kappa shape index (κ1) is 29.8. The van der Waals surface area contributed by atoms with E-state index in [-0.39, 0.29) is 0 Å². The van der Waals surface area contributed by atoms with Crippen molar-refractivity contribution >= 4 is 96.5 Å². The fraction of sp³-hybridized carbons (Fsp3) is 0. The number of hydrogen-bond acceptors (Lipinski definition) is 2. The summed E-state index contributed by atoms with van der Waals surface area (Å²) in [6.45, 7) is 0. The Labute approximate surface area is 314 Å². The van der Waals surface area contributed by atoms with Crippen molar-refractivity contribution in [2.45, 2.75) is 0 Å². The molecule has 0 radical (unpaired) electrons. The van der Waals surface area contributed by atoms with Crippen molar-refractivity contribution in [2.75, 3.05) is 0 Å². The maximum absolute atomic E-state index is 6.41.